The van der Waals surface area contributed by atoms with Crippen molar-refractivity contribution >= 4 is 11.6 Å². The molecule has 94 valence electrons. The summed E-state index contributed by atoms with van der Waals surface area (Å²) in [6.45, 7) is 7.74. The van der Waals surface area contributed by atoms with Crippen LogP contribution in [-0.2, 0) is 4.79 Å². The molecule has 0 fully saturated rings. The van der Waals surface area contributed by atoms with Crippen LogP contribution in [0, 0.1) is 25.7 Å². The van der Waals surface area contributed by atoms with Crippen molar-refractivity contribution < 1.29 is 9.90 Å². The lowest BCUT2D eigenvalue weighted by Crippen LogP contribution is -2.30. The van der Waals surface area contributed by atoms with Crippen molar-refractivity contribution in [2.75, 3.05) is 11.9 Å². The van der Waals surface area contributed by atoms with Gasteiger partial charge in [0.15, 0.2) is 0 Å². The van der Waals surface area contributed by atoms with E-state index in [9.17, 15) is 9.90 Å². The minimum atomic E-state index is -0.352. The summed E-state index contributed by atoms with van der Waals surface area (Å²) >= 11 is 0. The van der Waals surface area contributed by atoms with Crippen LogP contribution in [0.25, 0.3) is 0 Å². The van der Waals surface area contributed by atoms with E-state index in [-0.39, 0.29) is 24.3 Å². The van der Waals surface area contributed by atoms with Crippen LogP contribution in [0.3, 0.4) is 0 Å². The van der Waals surface area contributed by atoms with Crippen molar-refractivity contribution in [3.63, 3.8) is 0 Å². The van der Waals surface area contributed by atoms with Crippen LogP contribution < -0.4 is 5.32 Å². The first kappa shape index (κ1) is 13.7. The summed E-state index contributed by atoms with van der Waals surface area (Å²) in [5, 5.41) is 12.1. The molecule has 0 aliphatic heterocycles. The third kappa shape index (κ3) is 3.30. The molecule has 1 amide bonds. The molecule has 3 heteroatoms. The number of carbonyl (C=O) groups is 1. The van der Waals surface area contributed by atoms with Crippen molar-refractivity contribution in [1.82, 2.24) is 0 Å². The number of carbonyl (C=O) groups excluding carboxylic acids is 1. The molecule has 1 aromatic carbocycles. The van der Waals surface area contributed by atoms with Crippen molar-refractivity contribution in [3.8, 4) is 0 Å². The maximum absolute atomic E-state index is 12.0. The lowest BCUT2D eigenvalue weighted by Gasteiger charge is -2.19. The van der Waals surface area contributed by atoms with E-state index in [1.807, 2.05) is 45.9 Å². The van der Waals surface area contributed by atoms with E-state index in [2.05, 4.69) is 5.32 Å². The number of anilines is 1. The molecule has 0 aliphatic rings. The first-order chi connectivity index (χ1) is 7.97. The Balaban J connectivity index is 2.84. The summed E-state index contributed by atoms with van der Waals surface area (Å²) in [6.07, 6.45) is 0. The molecule has 1 rings (SSSR count). The van der Waals surface area contributed by atoms with Crippen LogP contribution >= 0.6 is 0 Å². The second-order valence-electron chi connectivity index (χ2n) is 4.77. The number of aryl methyl sites for hydroxylation is 1. The van der Waals surface area contributed by atoms with E-state index in [4.69, 9.17) is 0 Å². The number of hydrogen-bond donors (Lipinski definition) is 2. The zero-order valence-corrected chi connectivity index (χ0v) is 10.9. The minimum absolute atomic E-state index is 0.115. The van der Waals surface area contributed by atoms with Crippen LogP contribution in [0.4, 0.5) is 5.69 Å². The van der Waals surface area contributed by atoms with E-state index in [1.54, 1.807) is 0 Å². The van der Waals surface area contributed by atoms with E-state index in [0.29, 0.717) is 0 Å². The highest BCUT2D eigenvalue weighted by Crippen LogP contribution is 2.20. The topological polar surface area (TPSA) is 49.3 Å². The fourth-order valence-corrected chi connectivity index (χ4v) is 1.71. The van der Waals surface area contributed by atoms with Crippen LogP contribution in [-0.4, -0.2) is 17.6 Å². The Labute approximate surface area is 103 Å². The van der Waals surface area contributed by atoms with Gasteiger partial charge in [0.25, 0.3) is 0 Å². The molecule has 0 heterocycles. The number of aliphatic hydroxyl groups excluding tert-OH is 1. The Morgan fingerprint density at radius 3 is 2.53 bits per heavy atom. The summed E-state index contributed by atoms with van der Waals surface area (Å²) in [5.41, 5.74) is 3.04. The fourth-order valence-electron chi connectivity index (χ4n) is 1.71. The van der Waals surface area contributed by atoms with Gasteiger partial charge in [-0.25, -0.2) is 0 Å². The van der Waals surface area contributed by atoms with Gasteiger partial charge in [-0.15, -0.1) is 0 Å². The molecule has 3 nitrogen and oxygen atoms in total. The van der Waals surface area contributed by atoms with E-state index < -0.39 is 0 Å². The normalized spacial score (nSPS) is 12.6. The molecule has 0 bridgehead atoms. The van der Waals surface area contributed by atoms with Crippen molar-refractivity contribution in [2.24, 2.45) is 11.8 Å². The SMILES string of the molecule is Cc1cccc(NC(=O)C(CO)C(C)C)c1C. The highest BCUT2D eigenvalue weighted by Gasteiger charge is 2.21. The second kappa shape index (κ2) is 5.82. The van der Waals surface area contributed by atoms with Crippen molar-refractivity contribution in [1.29, 1.82) is 0 Å². The summed E-state index contributed by atoms with van der Waals surface area (Å²) in [7, 11) is 0. The maximum atomic E-state index is 12.0. The average molecular weight is 235 g/mol. The highest BCUT2D eigenvalue weighted by atomic mass is 16.3. The van der Waals surface area contributed by atoms with Gasteiger partial charge < -0.3 is 10.4 Å². The second-order valence-corrected chi connectivity index (χ2v) is 4.77. The summed E-state index contributed by atoms with van der Waals surface area (Å²) in [6, 6.07) is 5.81. The Morgan fingerprint density at radius 2 is 2.00 bits per heavy atom. The third-order valence-corrected chi connectivity index (χ3v) is 3.20. The number of aliphatic hydroxyl groups is 1. The smallest absolute Gasteiger partial charge is 0.230 e. The Bertz CT molecular complexity index is 399. The van der Waals surface area contributed by atoms with Gasteiger partial charge in [0.05, 0.1) is 12.5 Å². The van der Waals surface area contributed by atoms with Crippen molar-refractivity contribution in [2.45, 2.75) is 27.7 Å². The Hall–Kier alpha value is -1.35. The monoisotopic (exact) mass is 235 g/mol. The van der Waals surface area contributed by atoms with E-state index >= 15 is 0 Å². The highest BCUT2D eigenvalue weighted by molar-refractivity contribution is 5.93. The van der Waals surface area contributed by atoms with Gasteiger partial charge in [0, 0.05) is 5.69 Å². The predicted octanol–water partition coefficient (Wildman–Crippen LogP) is 2.51. The standard InChI is InChI=1S/C14H21NO2/c1-9(2)12(8-16)14(17)15-13-7-5-6-10(3)11(13)4/h5-7,9,12,16H,8H2,1-4H3,(H,15,17). The molecule has 0 spiro atoms. The molecule has 0 aromatic heterocycles. The maximum Gasteiger partial charge on any atom is 0.230 e. The summed E-state index contributed by atoms with van der Waals surface area (Å²) in [4.78, 5) is 12.0. The predicted molar refractivity (Wildman–Crippen MR) is 70.0 cm³/mol. The quantitative estimate of drug-likeness (QED) is 0.842. The molecule has 17 heavy (non-hydrogen) atoms. The molecule has 0 radical (unpaired) electrons. The van der Waals surface area contributed by atoms with Crippen LogP contribution in [0.1, 0.15) is 25.0 Å². The largest absolute Gasteiger partial charge is 0.396 e. The zero-order valence-electron chi connectivity index (χ0n) is 10.9. The van der Waals surface area contributed by atoms with Crippen molar-refractivity contribution in [3.05, 3.63) is 29.3 Å². The van der Waals surface area contributed by atoms with Crippen LogP contribution in [0.2, 0.25) is 0 Å². The molecular formula is C14H21NO2. The summed E-state index contributed by atoms with van der Waals surface area (Å²) < 4.78 is 0. The van der Waals surface area contributed by atoms with Crippen LogP contribution in [0.15, 0.2) is 18.2 Å². The number of nitrogens with one attached hydrogen (secondary N) is 1. The number of hydrogen-bond acceptors (Lipinski definition) is 2. The lowest BCUT2D eigenvalue weighted by molar-refractivity contribution is -0.122. The number of amides is 1. The van der Waals surface area contributed by atoms with Gasteiger partial charge in [-0.05, 0) is 37.0 Å². The number of benzene rings is 1. The number of rotatable bonds is 4. The van der Waals surface area contributed by atoms with Gasteiger partial charge in [0.2, 0.25) is 5.91 Å². The molecule has 1 atom stereocenters. The fraction of sp³-hybridized carbons (Fsp3) is 0.500. The van der Waals surface area contributed by atoms with E-state index in [0.717, 1.165) is 16.8 Å². The molecule has 0 aliphatic carbocycles. The molecule has 2 N–H and O–H groups in total. The molecule has 1 aromatic rings. The molecule has 0 saturated heterocycles. The Kier molecular flexibility index (Phi) is 4.70. The molecule has 0 saturated carbocycles. The minimum Gasteiger partial charge on any atom is -0.396 e. The lowest BCUT2D eigenvalue weighted by atomic mass is 9.95. The average Bonchev–Trinajstić information content (AvgIpc) is 2.25. The van der Waals surface area contributed by atoms with Gasteiger partial charge in [0.1, 0.15) is 0 Å². The first-order valence-corrected chi connectivity index (χ1v) is 5.95. The third-order valence-electron chi connectivity index (χ3n) is 3.20. The zero-order chi connectivity index (χ0) is 13.0. The molecular weight excluding hydrogens is 214 g/mol. The van der Waals surface area contributed by atoms with Gasteiger partial charge >= 0.3 is 0 Å². The Morgan fingerprint density at radius 1 is 1.35 bits per heavy atom. The van der Waals surface area contributed by atoms with Gasteiger partial charge in [-0.1, -0.05) is 26.0 Å². The van der Waals surface area contributed by atoms with Gasteiger partial charge in [-0.3, -0.25) is 4.79 Å². The van der Waals surface area contributed by atoms with E-state index in [1.165, 1.54) is 0 Å². The first-order valence-electron chi connectivity index (χ1n) is 5.95. The van der Waals surface area contributed by atoms with Gasteiger partial charge in [-0.2, -0.15) is 0 Å². The van der Waals surface area contributed by atoms with Crippen LogP contribution in [0.5, 0.6) is 0 Å². The summed E-state index contributed by atoms with van der Waals surface area (Å²) in [5.74, 6) is -0.337. The molecule has 1 unspecified atom stereocenters.